The molecule has 4 aromatic rings. The van der Waals surface area contributed by atoms with Crippen LogP contribution in [0.5, 0.6) is 5.75 Å². The number of rotatable bonds is 5. The monoisotopic (exact) mass is 548 g/mol. The number of fused-ring (bicyclic) bond motifs is 3. The molecule has 2 aromatic heterocycles. The fourth-order valence-electron chi connectivity index (χ4n) is 5.67. The summed E-state index contributed by atoms with van der Waals surface area (Å²) in [6.07, 6.45) is 5.63. The smallest absolute Gasteiger partial charge is 0.325 e. The van der Waals surface area contributed by atoms with Gasteiger partial charge in [-0.2, -0.15) is 19.9 Å². The first-order chi connectivity index (χ1) is 19.3. The number of piperidine rings is 1. The Kier molecular flexibility index (Phi) is 6.61. The normalized spacial score (nSPS) is 16.1. The molecule has 0 amide bonds. The van der Waals surface area contributed by atoms with Crippen molar-refractivity contribution in [3.63, 3.8) is 0 Å². The maximum atomic E-state index is 14.6. The van der Waals surface area contributed by atoms with E-state index in [1.54, 1.807) is 4.68 Å². The summed E-state index contributed by atoms with van der Waals surface area (Å²) < 4.78 is 42.0. The Bertz CT molecular complexity index is 1570. The van der Waals surface area contributed by atoms with Crippen LogP contribution in [0, 0.1) is 11.6 Å². The van der Waals surface area contributed by atoms with E-state index in [0.29, 0.717) is 18.9 Å². The average Bonchev–Trinajstić information content (AvgIpc) is 3.57. The summed E-state index contributed by atoms with van der Waals surface area (Å²) in [5.41, 5.74) is 3.23. The highest BCUT2D eigenvalue weighted by Gasteiger charge is 2.38. The number of aromatic nitrogens is 5. The summed E-state index contributed by atoms with van der Waals surface area (Å²) in [7, 11) is 1.43. The molecule has 208 valence electrons. The van der Waals surface area contributed by atoms with Crippen LogP contribution in [0.15, 0.2) is 48.9 Å². The lowest BCUT2D eigenvalue weighted by molar-refractivity contribution is -0.153. The fraction of sp³-hybridized carbons (Fsp3) is 0.379. The predicted octanol–water partition coefficient (Wildman–Crippen LogP) is 4.46. The van der Waals surface area contributed by atoms with Crippen LogP contribution in [0.25, 0.3) is 22.9 Å². The Morgan fingerprint density at radius 2 is 1.93 bits per heavy atom. The van der Waals surface area contributed by atoms with Crippen LogP contribution in [-0.4, -0.2) is 67.8 Å². The number of ether oxygens (including phenoxy) is 2. The Hall–Kier alpha value is -4.12. The molecular weight excluding hydrogens is 518 g/mol. The number of hydrogen-bond acceptors (Lipinski definition) is 7. The minimum absolute atomic E-state index is 0.0762. The van der Waals surface area contributed by atoms with Crippen LogP contribution in [-0.2, 0) is 16.0 Å². The molecule has 1 fully saturated rings. The van der Waals surface area contributed by atoms with Gasteiger partial charge in [0.05, 0.1) is 19.4 Å². The van der Waals surface area contributed by atoms with E-state index in [4.69, 9.17) is 14.6 Å². The largest absolute Gasteiger partial charge is 0.493 e. The van der Waals surface area contributed by atoms with Crippen molar-refractivity contribution in [1.82, 2.24) is 29.4 Å². The molecule has 6 rings (SSSR count). The second-order valence-electron chi connectivity index (χ2n) is 10.7. The summed E-state index contributed by atoms with van der Waals surface area (Å²) in [6, 6.07) is 9.57. The van der Waals surface area contributed by atoms with Crippen molar-refractivity contribution in [3.8, 4) is 28.6 Å². The van der Waals surface area contributed by atoms with Gasteiger partial charge in [0.2, 0.25) is 0 Å². The number of halogens is 2. The number of carbonyl (C=O) groups excluding carboxylic acids is 1. The molecule has 0 N–H and O–H groups in total. The third-order valence-corrected chi connectivity index (χ3v) is 7.99. The van der Waals surface area contributed by atoms with Gasteiger partial charge in [0.1, 0.15) is 29.1 Å². The summed E-state index contributed by atoms with van der Waals surface area (Å²) in [4.78, 5) is 18.8. The van der Waals surface area contributed by atoms with Gasteiger partial charge in [-0.1, -0.05) is 6.07 Å². The highest BCUT2D eigenvalue weighted by Crippen LogP contribution is 2.39. The first-order valence-electron chi connectivity index (χ1n) is 13.3. The molecule has 4 heterocycles. The summed E-state index contributed by atoms with van der Waals surface area (Å²) in [5.74, 6) is -0.271. The molecule has 0 unspecified atom stereocenters. The van der Waals surface area contributed by atoms with Gasteiger partial charge in [0, 0.05) is 29.8 Å². The molecular formula is C29H30F2N6O3. The zero-order valence-corrected chi connectivity index (χ0v) is 22.6. The first kappa shape index (κ1) is 26.1. The number of esters is 1. The Balaban J connectivity index is 1.30. The van der Waals surface area contributed by atoms with Gasteiger partial charge < -0.3 is 9.47 Å². The van der Waals surface area contributed by atoms with Gasteiger partial charge in [-0.15, -0.1) is 0 Å². The average molecular weight is 549 g/mol. The van der Waals surface area contributed by atoms with Crippen LogP contribution < -0.4 is 4.74 Å². The second kappa shape index (κ2) is 10.1. The molecule has 1 saturated heterocycles. The maximum Gasteiger partial charge on any atom is 0.325 e. The zero-order chi connectivity index (χ0) is 28.0. The van der Waals surface area contributed by atoms with Crippen molar-refractivity contribution < 1.29 is 23.0 Å². The number of benzene rings is 2. The zero-order valence-electron chi connectivity index (χ0n) is 22.6. The van der Waals surface area contributed by atoms with E-state index in [1.807, 2.05) is 26.1 Å². The van der Waals surface area contributed by atoms with Gasteiger partial charge in [-0.25, -0.2) is 13.5 Å². The highest BCUT2D eigenvalue weighted by atomic mass is 19.1. The van der Waals surface area contributed by atoms with E-state index >= 15 is 0 Å². The van der Waals surface area contributed by atoms with Crippen LogP contribution in [0.1, 0.15) is 43.7 Å². The van der Waals surface area contributed by atoms with E-state index in [1.165, 1.54) is 35.8 Å². The van der Waals surface area contributed by atoms with Crippen molar-refractivity contribution in [3.05, 3.63) is 71.7 Å². The summed E-state index contributed by atoms with van der Waals surface area (Å²) >= 11 is 0. The lowest BCUT2D eigenvalue weighted by Crippen LogP contribution is -2.53. The minimum Gasteiger partial charge on any atom is -0.493 e. The van der Waals surface area contributed by atoms with Crippen LogP contribution in [0.3, 0.4) is 0 Å². The number of likely N-dealkylation sites (tertiary alicyclic amines) is 1. The van der Waals surface area contributed by atoms with E-state index in [9.17, 15) is 13.6 Å². The van der Waals surface area contributed by atoms with Crippen molar-refractivity contribution >= 4 is 5.97 Å². The second-order valence-corrected chi connectivity index (χ2v) is 10.7. The molecule has 0 radical (unpaired) electrons. The Morgan fingerprint density at radius 3 is 2.67 bits per heavy atom. The quantitative estimate of drug-likeness (QED) is 0.340. The molecule has 0 spiro atoms. The number of methoxy groups -OCH3 is 1. The lowest BCUT2D eigenvalue weighted by Gasteiger charge is -2.41. The third-order valence-electron chi connectivity index (χ3n) is 7.99. The molecule has 0 atom stereocenters. The molecule has 2 aliphatic rings. The molecule has 0 aliphatic carbocycles. The van der Waals surface area contributed by atoms with Crippen molar-refractivity contribution in [1.29, 1.82) is 0 Å². The van der Waals surface area contributed by atoms with E-state index in [2.05, 4.69) is 27.1 Å². The molecule has 9 nitrogen and oxygen atoms in total. The van der Waals surface area contributed by atoms with E-state index in [-0.39, 0.29) is 17.6 Å². The van der Waals surface area contributed by atoms with Crippen LogP contribution >= 0.6 is 0 Å². The Morgan fingerprint density at radius 1 is 1.12 bits per heavy atom. The number of hydrogen-bond donors (Lipinski definition) is 0. The summed E-state index contributed by atoms with van der Waals surface area (Å²) in [6.45, 7) is 5.88. The topological polar surface area (TPSA) is 87.3 Å². The van der Waals surface area contributed by atoms with Gasteiger partial charge in [0.25, 0.3) is 5.95 Å². The van der Waals surface area contributed by atoms with Crippen molar-refractivity contribution in [2.75, 3.05) is 26.8 Å². The predicted molar refractivity (Wildman–Crippen MR) is 143 cm³/mol. The SMILES string of the molecule is COC(=O)C(C)(C)N1CCC(c2ccc3c(c2)-c2nn(-c4ncnn4-c4ccc(F)cc4F)cc2CCO3)CC1. The van der Waals surface area contributed by atoms with E-state index in [0.717, 1.165) is 54.6 Å². The standard InChI is InChI=1S/C29H30F2N6O3/c1-29(2,27(38)39-3)35-11-8-18(9-12-35)19-4-7-25-22(14-19)26-20(10-13-40-25)16-36(34-26)28-32-17-33-37(28)24-6-5-21(30)15-23(24)31/h4-7,14-18H,8-13H2,1-3H3. The molecule has 11 heteroatoms. The highest BCUT2D eigenvalue weighted by molar-refractivity contribution is 5.79. The maximum absolute atomic E-state index is 14.6. The molecule has 0 saturated carbocycles. The molecule has 40 heavy (non-hydrogen) atoms. The number of carbonyl (C=O) groups is 1. The van der Waals surface area contributed by atoms with Gasteiger partial charge in [0.15, 0.2) is 5.82 Å². The molecule has 2 aliphatic heterocycles. The van der Waals surface area contributed by atoms with Crippen LogP contribution in [0.4, 0.5) is 8.78 Å². The number of nitrogens with zero attached hydrogens (tertiary/aromatic N) is 6. The van der Waals surface area contributed by atoms with Gasteiger partial charge in [-0.05, 0) is 75.5 Å². The molecule has 0 bridgehead atoms. The minimum atomic E-state index is -0.745. The van der Waals surface area contributed by atoms with E-state index < -0.39 is 17.2 Å². The van der Waals surface area contributed by atoms with Gasteiger partial charge in [-0.3, -0.25) is 9.69 Å². The van der Waals surface area contributed by atoms with Crippen molar-refractivity contribution in [2.45, 2.75) is 44.6 Å². The van der Waals surface area contributed by atoms with Crippen LogP contribution in [0.2, 0.25) is 0 Å². The first-order valence-corrected chi connectivity index (χ1v) is 13.3. The summed E-state index contributed by atoms with van der Waals surface area (Å²) in [5, 5.41) is 9.01. The van der Waals surface area contributed by atoms with Crippen molar-refractivity contribution in [2.24, 2.45) is 0 Å². The molecule has 2 aromatic carbocycles. The Labute approximate surface area is 230 Å². The lowest BCUT2D eigenvalue weighted by atomic mass is 9.86. The van der Waals surface area contributed by atoms with Gasteiger partial charge >= 0.3 is 5.97 Å². The fourth-order valence-corrected chi connectivity index (χ4v) is 5.67. The third kappa shape index (κ3) is 4.53.